The van der Waals surface area contributed by atoms with Crippen LogP contribution in [-0.4, -0.2) is 24.5 Å². The highest BCUT2D eigenvalue weighted by Crippen LogP contribution is 2.36. The van der Waals surface area contributed by atoms with Crippen molar-refractivity contribution in [2.75, 3.05) is 6.54 Å². The number of nitrogens with one attached hydrogen (secondary N) is 1. The minimum absolute atomic E-state index is 0.0202. The molecule has 20 heavy (non-hydrogen) atoms. The summed E-state index contributed by atoms with van der Waals surface area (Å²) >= 11 is 0. The maximum atomic E-state index is 13.3. The molecule has 0 heterocycles. The van der Waals surface area contributed by atoms with Crippen molar-refractivity contribution in [3.05, 3.63) is 0 Å². The molecule has 0 radical (unpaired) electrons. The molecule has 1 atom stereocenters. The summed E-state index contributed by atoms with van der Waals surface area (Å²) in [7, 11) is 0. The van der Waals surface area contributed by atoms with Crippen LogP contribution in [0, 0.1) is 5.92 Å². The summed E-state index contributed by atoms with van der Waals surface area (Å²) in [6.07, 6.45) is 8.78. The molecular weight excluding hydrogens is 260 g/mol. The van der Waals surface area contributed by atoms with E-state index in [0.717, 1.165) is 19.3 Å². The van der Waals surface area contributed by atoms with Crippen molar-refractivity contribution < 1.29 is 8.78 Å². The molecule has 0 aromatic carbocycles. The molecule has 0 aromatic heterocycles. The Morgan fingerprint density at radius 3 is 2.45 bits per heavy atom. The molecule has 2 aliphatic carbocycles. The van der Waals surface area contributed by atoms with Gasteiger partial charge in [-0.05, 0) is 31.6 Å². The molecule has 0 aromatic rings. The highest BCUT2D eigenvalue weighted by Gasteiger charge is 2.35. The van der Waals surface area contributed by atoms with E-state index in [1.54, 1.807) is 0 Å². The van der Waals surface area contributed by atoms with E-state index >= 15 is 0 Å². The predicted molar refractivity (Wildman–Crippen MR) is 78.0 cm³/mol. The fraction of sp³-hybridized carbons (Fsp3) is 0.933. The normalized spacial score (nSPS) is 28.9. The van der Waals surface area contributed by atoms with E-state index in [2.05, 4.69) is 10.3 Å². The molecule has 0 spiro atoms. The topological polar surface area (TPSA) is 50.4 Å². The van der Waals surface area contributed by atoms with Gasteiger partial charge in [-0.3, -0.25) is 4.99 Å². The van der Waals surface area contributed by atoms with Gasteiger partial charge in [0.25, 0.3) is 0 Å². The Labute approximate surface area is 120 Å². The Morgan fingerprint density at radius 2 is 1.80 bits per heavy atom. The van der Waals surface area contributed by atoms with Crippen molar-refractivity contribution in [1.29, 1.82) is 0 Å². The first kappa shape index (κ1) is 15.5. The van der Waals surface area contributed by atoms with Gasteiger partial charge in [0.1, 0.15) is 0 Å². The highest BCUT2D eigenvalue weighted by molar-refractivity contribution is 5.78. The highest BCUT2D eigenvalue weighted by atomic mass is 19.3. The van der Waals surface area contributed by atoms with Gasteiger partial charge >= 0.3 is 0 Å². The number of hydrogen-bond donors (Lipinski definition) is 2. The lowest BCUT2D eigenvalue weighted by molar-refractivity contribution is -0.0508. The summed E-state index contributed by atoms with van der Waals surface area (Å²) in [4.78, 5) is 4.29. The van der Waals surface area contributed by atoms with Crippen LogP contribution < -0.4 is 11.1 Å². The zero-order valence-electron chi connectivity index (χ0n) is 12.2. The average molecular weight is 287 g/mol. The van der Waals surface area contributed by atoms with Crippen molar-refractivity contribution in [3.63, 3.8) is 0 Å². The quantitative estimate of drug-likeness (QED) is 0.474. The molecular formula is C15H27F2N3. The molecule has 116 valence electrons. The Kier molecular flexibility index (Phi) is 5.61. The van der Waals surface area contributed by atoms with Gasteiger partial charge in [-0.2, -0.15) is 0 Å². The van der Waals surface area contributed by atoms with E-state index in [1.165, 1.54) is 25.7 Å². The van der Waals surface area contributed by atoms with Gasteiger partial charge in [-0.1, -0.05) is 25.7 Å². The zero-order chi connectivity index (χ0) is 14.4. The van der Waals surface area contributed by atoms with E-state index < -0.39 is 5.92 Å². The van der Waals surface area contributed by atoms with Crippen LogP contribution in [0.3, 0.4) is 0 Å². The molecule has 2 aliphatic rings. The summed E-state index contributed by atoms with van der Waals surface area (Å²) in [5, 5.41) is 3.26. The van der Waals surface area contributed by atoms with E-state index in [9.17, 15) is 8.78 Å². The largest absolute Gasteiger partial charge is 0.370 e. The van der Waals surface area contributed by atoms with Crippen LogP contribution >= 0.6 is 0 Å². The summed E-state index contributed by atoms with van der Waals surface area (Å²) in [6.45, 7) is 0.432. The molecule has 3 nitrogen and oxygen atoms in total. The number of nitrogens with zero attached hydrogens (tertiary/aromatic N) is 1. The van der Waals surface area contributed by atoms with Gasteiger partial charge < -0.3 is 11.1 Å². The molecule has 2 saturated carbocycles. The van der Waals surface area contributed by atoms with Crippen LogP contribution in [-0.2, 0) is 0 Å². The molecule has 2 fully saturated rings. The van der Waals surface area contributed by atoms with Crippen molar-refractivity contribution in [2.24, 2.45) is 16.6 Å². The second-order valence-electron chi connectivity index (χ2n) is 6.38. The van der Waals surface area contributed by atoms with Crippen LogP contribution in [0.5, 0.6) is 0 Å². The molecule has 0 saturated heterocycles. The molecule has 5 heteroatoms. The van der Waals surface area contributed by atoms with Crippen molar-refractivity contribution in [1.82, 2.24) is 5.32 Å². The molecule has 0 aliphatic heterocycles. The fourth-order valence-corrected chi connectivity index (χ4v) is 3.34. The molecule has 0 bridgehead atoms. The van der Waals surface area contributed by atoms with Gasteiger partial charge in [0.15, 0.2) is 5.96 Å². The lowest BCUT2D eigenvalue weighted by atomic mass is 9.87. The zero-order valence-corrected chi connectivity index (χ0v) is 12.2. The second-order valence-corrected chi connectivity index (χ2v) is 6.38. The minimum Gasteiger partial charge on any atom is -0.370 e. The predicted octanol–water partition coefficient (Wildman–Crippen LogP) is 3.44. The number of nitrogens with two attached hydrogens (primary N) is 1. The van der Waals surface area contributed by atoms with Gasteiger partial charge in [-0.15, -0.1) is 0 Å². The third kappa shape index (κ3) is 5.25. The number of guanidine groups is 1. The number of halogens is 2. The van der Waals surface area contributed by atoms with E-state index in [0.29, 0.717) is 25.0 Å². The molecule has 1 unspecified atom stereocenters. The smallest absolute Gasteiger partial charge is 0.248 e. The number of hydrogen-bond acceptors (Lipinski definition) is 1. The number of aliphatic imine (C=N–C) groups is 1. The number of rotatable bonds is 3. The molecule has 3 N–H and O–H groups in total. The van der Waals surface area contributed by atoms with Gasteiger partial charge in [0, 0.05) is 25.4 Å². The lowest BCUT2D eigenvalue weighted by Gasteiger charge is -2.28. The van der Waals surface area contributed by atoms with E-state index in [1.807, 2.05) is 0 Å². The number of alkyl halides is 2. The maximum Gasteiger partial charge on any atom is 0.248 e. The second kappa shape index (κ2) is 7.23. The van der Waals surface area contributed by atoms with Gasteiger partial charge in [0.2, 0.25) is 5.92 Å². The van der Waals surface area contributed by atoms with Crippen LogP contribution in [0.1, 0.15) is 64.2 Å². The summed E-state index contributed by atoms with van der Waals surface area (Å²) in [5.41, 5.74) is 5.89. The first-order valence-corrected chi connectivity index (χ1v) is 7.99. The van der Waals surface area contributed by atoms with E-state index in [4.69, 9.17) is 5.73 Å². The lowest BCUT2D eigenvalue weighted by Crippen LogP contribution is -2.40. The fourth-order valence-electron chi connectivity index (χ4n) is 3.34. The van der Waals surface area contributed by atoms with E-state index in [-0.39, 0.29) is 18.8 Å². The SMILES string of the molecule is NC(=NCC1CCCC(F)(F)C1)NC1CCCCCC1. The van der Waals surface area contributed by atoms with Gasteiger partial charge in [0.05, 0.1) is 0 Å². The van der Waals surface area contributed by atoms with Crippen LogP contribution in [0.2, 0.25) is 0 Å². The Hall–Kier alpha value is -0.870. The van der Waals surface area contributed by atoms with Crippen LogP contribution in [0.4, 0.5) is 8.78 Å². The average Bonchev–Trinajstić information content (AvgIpc) is 2.64. The minimum atomic E-state index is -2.50. The van der Waals surface area contributed by atoms with Gasteiger partial charge in [-0.25, -0.2) is 8.78 Å². The summed E-state index contributed by atoms with van der Waals surface area (Å²) in [6, 6.07) is 0.411. The summed E-state index contributed by atoms with van der Waals surface area (Å²) in [5.74, 6) is -2.08. The monoisotopic (exact) mass is 287 g/mol. The van der Waals surface area contributed by atoms with Crippen LogP contribution in [0.25, 0.3) is 0 Å². The maximum absolute atomic E-state index is 13.3. The summed E-state index contributed by atoms with van der Waals surface area (Å²) < 4.78 is 26.6. The third-order valence-corrected chi connectivity index (χ3v) is 4.47. The van der Waals surface area contributed by atoms with Crippen molar-refractivity contribution in [2.45, 2.75) is 76.2 Å². The Balaban J connectivity index is 1.75. The Bertz CT molecular complexity index is 323. The van der Waals surface area contributed by atoms with Crippen molar-refractivity contribution >= 4 is 5.96 Å². The first-order valence-electron chi connectivity index (χ1n) is 7.99. The Morgan fingerprint density at radius 1 is 1.10 bits per heavy atom. The standard InChI is InChI=1S/C15H27F2N3/c16-15(17)9-5-6-12(10-15)11-19-14(18)20-13-7-3-1-2-4-8-13/h12-13H,1-11H2,(H3,18,19,20). The third-order valence-electron chi connectivity index (χ3n) is 4.47. The molecule has 2 rings (SSSR count). The van der Waals surface area contributed by atoms with Crippen LogP contribution in [0.15, 0.2) is 4.99 Å². The molecule has 0 amide bonds. The van der Waals surface area contributed by atoms with Crippen molar-refractivity contribution in [3.8, 4) is 0 Å². The first-order chi connectivity index (χ1) is 9.55.